The number of carboxylic acids is 1. The summed E-state index contributed by atoms with van der Waals surface area (Å²) in [6, 6.07) is 12.3. The molecule has 0 aliphatic carbocycles. The van der Waals surface area contributed by atoms with E-state index in [1.807, 2.05) is 6.92 Å². The van der Waals surface area contributed by atoms with E-state index in [0.717, 1.165) is 18.6 Å². The average Bonchev–Trinajstić information content (AvgIpc) is 2.75. The Balaban J connectivity index is 1.91. The zero-order chi connectivity index (χ0) is 23.3. The SMILES string of the molecule is CCCOc1ccc(-c2cc(F)cc(C(=O)O)c2)cc1CNC(=O)c1ccc(Cl)cc1F. The fourth-order valence-corrected chi connectivity index (χ4v) is 3.23. The lowest BCUT2D eigenvalue weighted by Crippen LogP contribution is -2.24. The number of amides is 1. The van der Waals surface area contributed by atoms with E-state index < -0.39 is 23.5 Å². The quantitative estimate of drug-likeness (QED) is 0.453. The molecule has 5 nitrogen and oxygen atoms in total. The van der Waals surface area contributed by atoms with Gasteiger partial charge in [-0.15, -0.1) is 0 Å². The van der Waals surface area contributed by atoms with Crippen LogP contribution in [0.5, 0.6) is 5.75 Å². The molecule has 0 unspecified atom stereocenters. The summed E-state index contributed by atoms with van der Waals surface area (Å²) in [4.78, 5) is 23.7. The first-order chi connectivity index (χ1) is 15.3. The second kappa shape index (κ2) is 10.2. The largest absolute Gasteiger partial charge is 0.493 e. The van der Waals surface area contributed by atoms with E-state index in [9.17, 15) is 23.5 Å². The highest BCUT2D eigenvalue weighted by molar-refractivity contribution is 6.30. The highest BCUT2D eigenvalue weighted by atomic mass is 35.5. The van der Waals surface area contributed by atoms with Crippen LogP contribution < -0.4 is 10.1 Å². The van der Waals surface area contributed by atoms with Crippen LogP contribution >= 0.6 is 11.6 Å². The number of hydrogen-bond acceptors (Lipinski definition) is 3. The van der Waals surface area contributed by atoms with Crippen LogP contribution in [-0.4, -0.2) is 23.6 Å². The lowest BCUT2D eigenvalue weighted by Gasteiger charge is -2.14. The summed E-state index contributed by atoms with van der Waals surface area (Å²) in [5.74, 6) is -2.80. The van der Waals surface area contributed by atoms with E-state index in [2.05, 4.69) is 5.32 Å². The highest BCUT2D eigenvalue weighted by Gasteiger charge is 2.15. The van der Waals surface area contributed by atoms with Crippen molar-refractivity contribution in [3.05, 3.63) is 87.9 Å². The molecule has 0 aliphatic heterocycles. The third-order valence-corrected chi connectivity index (χ3v) is 4.85. The summed E-state index contributed by atoms with van der Waals surface area (Å²) < 4.78 is 33.7. The second-order valence-electron chi connectivity index (χ2n) is 7.01. The van der Waals surface area contributed by atoms with Gasteiger partial charge in [-0.05, 0) is 66.1 Å². The van der Waals surface area contributed by atoms with Gasteiger partial charge in [-0.2, -0.15) is 0 Å². The molecule has 0 radical (unpaired) electrons. The van der Waals surface area contributed by atoms with E-state index in [1.54, 1.807) is 18.2 Å². The van der Waals surface area contributed by atoms with Crippen molar-refractivity contribution in [3.8, 4) is 16.9 Å². The molecule has 0 aromatic heterocycles. The molecule has 0 fully saturated rings. The maximum absolute atomic E-state index is 14.0. The van der Waals surface area contributed by atoms with Crippen LogP contribution in [0.1, 0.15) is 39.6 Å². The van der Waals surface area contributed by atoms with Crippen molar-refractivity contribution < 1.29 is 28.2 Å². The maximum atomic E-state index is 14.0. The van der Waals surface area contributed by atoms with Gasteiger partial charge in [0.15, 0.2) is 0 Å². The number of carboxylic acid groups (broad SMARTS) is 1. The summed E-state index contributed by atoms with van der Waals surface area (Å²) >= 11 is 5.73. The van der Waals surface area contributed by atoms with Gasteiger partial charge >= 0.3 is 5.97 Å². The molecule has 3 aromatic rings. The van der Waals surface area contributed by atoms with Crippen molar-refractivity contribution in [1.29, 1.82) is 0 Å². The van der Waals surface area contributed by atoms with Crippen molar-refractivity contribution in [2.24, 2.45) is 0 Å². The molecule has 0 spiro atoms. The van der Waals surface area contributed by atoms with Gasteiger partial charge in [0.25, 0.3) is 5.91 Å². The fourth-order valence-electron chi connectivity index (χ4n) is 3.07. The molecule has 0 bridgehead atoms. The number of halogens is 3. The van der Waals surface area contributed by atoms with Crippen molar-refractivity contribution in [2.75, 3.05) is 6.61 Å². The fraction of sp³-hybridized carbons (Fsp3) is 0.167. The zero-order valence-electron chi connectivity index (χ0n) is 17.1. The molecule has 3 aromatic carbocycles. The van der Waals surface area contributed by atoms with Gasteiger partial charge in [0.1, 0.15) is 17.4 Å². The molecule has 166 valence electrons. The van der Waals surface area contributed by atoms with Crippen LogP contribution in [0.3, 0.4) is 0 Å². The molecule has 0 saturated carbocycles. The first-order valence-corrected chi connectivity index (χ1v) is 10.2. The minimum atomic E-state index is -1.24. The van der Waals surface area contributed by atoms with Gasteiger partial charge < -0.3 is 15.2 Å². The molecule has 8 heteroatoms. The normalized spacial score (nSPS) is 10.6. The Morgan fingerprint density at radius 2 is 1.81 bits per heavy atom. The topological polar surface area (TPSA) is 75.6 Å². The minimum Gasteiger partial charge on any atom is -0.493 e. The van der Waals surface area contributed by atoms with E-state index in [1.165, 1.54) is 24.3 Å². The molecule has 3 rings (SSSR count). The van der Waals surface area contributed by atoms with Gasteiger partial charge in [-0.3, -0.25) is 4.79 Å². The maximum Gasteiger partial charge on any atom is 0.335 e. The summed E-state index contributed by atoms with van der Waals surface area (Å²) in [7, 11) is 0. The van der Waals surface area contributed by atoms with Crippen LogP contribution in [-0.2, 0) is 6.54 Å². The molecule has 1 amide bonds. The number of carbonyl (C=O) groups excluding carboxylic acids is 1. The lowest BCUT2D eigenvalue weighted by atomic mass is 10.00. The molecule has 0 heterocycles. The summed E-state index contributed by atoms with van der Waals surface area (Å²) in [5.41, 5.74) is 1.13. The third-order valence-electron chi connectivity index (χ3n) is 4.62. The van der Waals surface area contributed by atoms with Crippen molar-refractivity contribution in [2.45, 2.75) is 19.9 Å². The Hall–Kier alpha value is -3.45. The van der Waals surface area contributed by atoms with Crippen LogP contribution in [0.15, 0.2) is 54.6 Å². The van der Waals surface area contributed by atoms with Gasteiger partial charge in [-0.1, -0.05) is 24.6 Å². The molecule has 32 heavy (non-hydrogen) atoms. The number of hydrogen-bond donors (Lipinski definition) is 2. The first-order valence-electron chi connectivity index (χ1n) is 9.81. The zero-order valence-corrected chi connectivity index (χ0v) is 17.9. The predicted octanol–water partition coefficient (Wildman–Crippen LogP) is 5.70. The van der Waals surface area contributed by atoms with E-state index in [4.69, 9.17) is 16.3 Å². The number of benzene rings is 3. The van der Waals surface area contributed by atoms with Crippen molar-refractivity contribution in [1.82, 2.24) is 5.32 Å². The highest BCUT2D eigenvalue weighted by Crippen LogP contribution is 2.29. The molecule has 2 N–H and O–H groups in total. The monoisotopic (exact) mass is 459 g/mol. The van der Waals surface area contributed by atoms with E-state index >= 15 is 0 Å². The Kier molecular flexibility index (Phi) is 7.43. The van der Waals surface area contributed by atoms with Gasteiger partial charge in [0.05, 0.1) is 17.7 Å². The number of rotatable bonds is 8. The average molecular weight is 460 g/mol. The predicted molar refractivity (Wildman–Crippen MR) is 117 cm³/mol. The first kappa shape index (κ1) is 23.2. The molecular weight excluding hydrogens is 440 g/mol. The Morgan fingerprint density at radius 1 is 1.03 bits per heavy atom. The lowest BCUT2D eigenvalue weighted by molar-refractivity contribution is 0.0696. The second-order valence-corrected chi connectivity index (χ2v) is 7.45. The van der Waals surface area contributed by atoms with Gasteiger partial charge in [0, 0.05) is 17.1 Å². The van der Waals surface area contributed by atoms with Gasteiger partial charge in [-0.25, -0.2) is 13.6 Å². The number of nitrogens with one attached hydrogen (secondary N) is 1. The molecule has 0 saturated heterocycles. The van der Waals surface area contributed by atoms with E-state index in [0.29, 0.717) is 29.0 Å². The summed E-state index contributed by atoms with van der Waals surface area (Å²) in [6.45, 7) is 2.39. The van der Waals surface area contributed by atoms with Crippen molar-refractivity contribution >= 4 is 23.5 Å². The Bertz CT molecular complexity index is 1170. The Labute approximate surface area is 188 Å². The summed E-state index contributed by atoms with van der Waals surface area (Å²) in [6.07, 6.45) is 0.759. The standard InChI is InChI=1S/C24H20ClF2NO4/c1-2-7-32-22-6-3-14(15-9-16(24(30)31)11-19(26)10-15)8-17(22)13-28-23(29)20-5-4-18(25)12-21(20)27/h3-6,8-12H,2,7,13H2,1H3,(H,28,29)(H,30,31). The van der Waals surface area contributed by atoms with E-state index in [-0.39, 0.29) is 22.7 Å². The van der Waals surface area contributed by atoms with Crippen LogP contribution in [0.4, 0.5) is 8.78 Å². The Morgan fingerprint density at radius 3 is 2.50 bits per heavy atom. The molecule has 0 atom stereocenters. The number of ether oxygens (including phenoxy) is 1. The third kappa shape index (κ3) is 5.62. The molecule has 0 aliphatic rings. The molecular formula is C24H20ClF2NO4. The smallest absolute Gasteiger partial charge is 0.335 e. The van der Waals surface area contributed by atoms with Crippen LogP contribution in [0.2, 0.25) is 5.02 Å². The summed E-state index contributed by atoms with van der Waals surface area (Å²) in [5, 5.41) is 12.0. The minimum absolute atomic E-state index is 0.00882. The number of carbonyl (C=O) groups is 2. The van der Waals surface area contributed by atoms with Crippen LogP contribution in [0, 0.1) is 11.6 Å². The van der Waals surface area contributed by atoms with Gasteiger partial charge in [0.2, 0.25) is 0 Å². The number of aromatic carboxylic acids is 1. The van der Waals surface area contributed by atoms with Crippen LogP contribution in [0.25, 0.3) is 11.1 Å². The van der Waals surface area contributed by atoms with Crippen molar-refractivity contribution in [3.63, 3.8) is 0 Å².